The Bertz CT molecular complexity index is 971. The van der Waals surface area contributed by atoms with Gasteiger partial charge in [-0.2, -0.15) is 12.7 Å². The third kappa shape index (κ3) is 4.35. The molecule has 1 amide bonds. The van der Waals surface area contributed by atoms with Crippen molar-refractivity contribution >= 4 is 27.5 Å². The van der Waals surface area contributed by atoms with E-state index in [0.29, 0.717) is 43.1 Å². The molecule has 2 aromatic carbocycles. The SMILES string of the molecule is CN(C)S(=O)(=O)N(C)c1ccc(C(=O)N2CCN(c3ccccc3F)CC2)cc1. The normalized spacial score (nSPS) is 14.9. The maximum absolute atomic E-state index is 14.0. The Hall–Kier alpha value is -2.65. The number of hydrogen-bond acceptors (Lipinski definition) is 4. The summed E-state index contributed by atoms with van der Waals surface area (Å²) in [6.45, 7) is 2.08. The molecule has 1 heterocycles. The Labute approximate surface area is 171 Å². The second kappa shape index (κ2) is 8.38. The van der Waals surface area contributed by atoms with Gasteiger partial charge in [0.15, 0.2) is 0 Å². The fourth-order valence-electron chi connectivity index (χ4n) is 3.23. The fraction of sp³-hybridized carbons (Fsp3) is 0.350. The number of hydrogen-bond donors (Lipinski definition) is 0. The van der Waals surface area contributed by atoms with E-state index in [-0.39, 0.29) is 11.7 Å². The number of para-hydroxylation sites is 1. The standard InChI is InChI=1S/C20H25FN4O3S/c1-22(2)29(27,28)23(3)17-10-8-16(9-11-17)20(26)25-14-12-24(13-15-25)19-7-5-4-6-18(19)21/h4-11H,12-15H2,1-3H3. The van der Waals surface area contributed by atoms with E-state index in [2.05, 4.69) is 0 Å². The zero-order chi connectivity index (χ0) is 21.2. The molecular weight excluding hydrogens is 395 g/mol. The van der Waals surface area contributed by atoms with Crippen molar-refractivity contribution in [1.29, 1.82) is 0 Å². The molecule has 0 aromatic heterocycles. The van der Waals surface area contributed by atoms with Crippen LogP contribution in [0.1, 0.15) is 10.4 Å². The van der Waals surface area contributed by atoms with Crippen LogP contribution in [0, 0.1) is 5.82 Å². The van der Waals surface area contributed by atoms with Gasteiger partial charge in [0.05, 0.1) is 11.4 Å². The molecule has 29 heavy (non-hydrogen) atoms. The summed E-state index contributed by atoms with van der Waals surface area (Å²) in [7, 11) is 0.808. The Morgan fingerprint density at radius 3 is 2.07 bits per heavy atom. The first-order chi connectivity index (χ1) is 13.7. The van der Waals surface area contributed by atoms with Crippen molar-refractivity contribution in [3.8, 4) is 0 Å². The van der Waals surface area contributed by atoms with Crippen LogP contribution in [-0.2, 0) is 10.2 Å². The molecular formula is C20H25FN4O3S. The number of amides is 1. The maximum atomic E-state index is 14.0. The van der Waals surface area contributed by atoms with Crippen LogP contribution in [0.3, 0.4) is 0 Å². The number of piperazine rings is 1. The van der Waals surface area contributed by atoms with Crippen LogP contribution in [0.2, 0.25) is 0 Å². The molecule has 2 aromatic rings. The molecule has 0 aliphatic carbocycles. The largest absolute Gasteiger partial charge is 0.366 e. The summed E-state index contributed by atoms with van der Waals surface area (Å²) in [6.07, 6.45) is 0. The van der Waals surface area contributed by atoms with Gasteiger partial charge in [-0.25, -0.2) is 4.39 Å². The van der Waals surface area contributed by atoms with E-state index in [0.717, 1.165) is 8.61 Å². The zero-order valence-corrected chi connectivity index (χ0v) is 17.6. The van der Waals surface area contributed by atoms with Crippen LogP contribution >= 0.6 is 0 Å². The molecule has 1 saturated heterocycles. The van der Waals surface area contributed by atoms with Crippen LogP contribution in [0.25, 0.3) is 0 Å². The molecule has 156 valence electrons. The van der Waals surface area contributed by atoms with Gasteiger partial charge >= 0.3 is 10.2 Å². The fourth-order valence-corrected chi connectivity index (χ4v) is 4.11. The minimum atomic E-state index is -3.58. The Morgan fingerprint density at radius 2 is 1.52 bits per heavy atom. The van der Waals surface area contributed by atoms with Crippen molar-refractivity contribution in [2.45, 2.75) is 0 Å². The monoisotopic (exact) mass is 420 g/mol. The lowest BCUT2D eigenvalue weighted by Gasteiger charge is -2.36. The molecule has 0 radical (unpaired) electrons. The van der Waals surface area contributed by atoms with E-state index in [1.807, 2.05) is 4.90 Å². The first-order valence-electron chi connectivity index (χ1n) is 9.27. The molecule has 0 spiro atoms. The van der Waals surface area contributed by atoms with Crippen LogP contribution in [-0.4, -0.2) is 70.9 Å². The van der Waals surface area contributed by atoms with Crippen molar-refractivity contribution < 1.29 is 17.6 Å². The average Bonchev–Trinajstić information content (AvgIpc) is 2.73. The molecule has 7 nitrogen and oxygen atoms in total. The molecule has 0 saturated carbocycles. The Morgan fingerprint density at radius 1 is 0.931 bits per heavy atom. The van der Waals surface area contributed by atoms with Gasteiger partial charge in [0, 0.05) is 52.9 Å². The number of halogens is 1. The van der Waals surface area contributed by atoms with Gasteiger partial charge in [-0.15, -0.1) is 0 Å². The predicted molar refractivity (Wildman–Crippen MR) is 112 cm³/mol. The molecule has 1 aliphatic heterocycles. The maximum Gasteiger partial charge on any atom is 0.303 e. The predicted octanol–water partition coefficient (Wildman–Crippen LogP) is 2.03. The van der Waals surface area contributed by atoms with Crippen molar-refractivity contribution in [3.05, 3.63) is 59.9 Å². The molecule has 1 aliphatic rings. The molecule has 0 bridgehead atoms. The Balaban J connectivity index is 1.65. The van der Waals surface area contributed by atoms with Gasteiger partial charge < -0.3 is 9.80 Å². The highest BCUT2D eigenvalue weighted by Gasteiger charge is 2.25. The van der Waals surface area contributed by atoms with Crippen LogP contribution in [0.4, 0.5) is 15.8 Å². The van der Waals surface area contributed by atoms with E-state index < -0.39 is 10.2 Å². The van der Waals surface area contributed by atoms with Gasteiger partial charge in [0.2, 0.25) is 0 Å². The van der Waals surface area contributed by atoms with Crippen molar-refractivity contribution in [2.75, 3.05) is 56.5 Å². The number of rotatable bonds is 5. The van der Waals surface area contributed by atoms with Crippen LogP contribution < -0.4 is 9.21 Å². The summed E-state index contributed by atoms with van der Waals surface area (Å²) in [5.41, 5.74) is 1.51. The van der Waals surface area contributed by atoms with Crippen LogP contribution in [0.5, 0.6) is 0 Å². The molecule has 3 rings (SSSR count). The number of benzene rings is 2. The topological polar surface area (TPSA) is 64.2 Å². The highest BCUT2D eigenvalue weighted by molar-refractivity contribution is 7.90. The summed E-state index contributed by atoms with van der Waals surface area (Å²) in [5, 5.41) is 0. The lowest BCUT2D eigenvalue weighted by Crippen LogP contribution is -2.49. The van der Waals surface area contributed by atoms with E-state index in [1.165, 1.54) is 27.2 Å². The summed E-state index contributed by atoms with van der Waals surface area (Å²) >= 11 is 0. The first-order valence-corrected chi connectivity index (χ1v) is 10.7. The van der Waals surface area contributed by atoms with Gasteiger partial charge in [0.1, 0.15) is 5.82 Å². The molecule has 0 N–H and O–H groups in total. The summed E-state index contributed by atoms with van der Waals surface area (Å²) in [6, 6.07) is 13.1. The number of carbonyl (C=O) groups is 1. The van der Waals surface area contributed by atoms with Crippen LogP contribution in [0.15, 0.2) is 48.5 Å². The van der Waals surface area contributed by atoms with Gasteiger partial charge in [0.25, 0.3) is 5.91 Å². The van der Waals surface area contributed by atoms with E-state index in [9.17, 15) is 17.6 Å². The lowest BCUT2D eigenvalue weighted by molar-refractivity contribution is 0.0746. The quantitative estimate of drug-likeness (QED) is 0.743. The Kier molecular flexibility index (Phi) is 6.09. The first kappa shape index (κ1) is 21.1. The number of anilines is 2. The highest BCUT2D eigenvalue weighted by atomic mass is 32.2. The minimum Gasteiger partial charge on any atom is -0.366 e. The van der Waals surface area contributed by atoms with Gasteiger partial charge in [-0.05, 0) is 36.4 Å². The summed E-state index contributed by atoms with van der Waals surface area (Å²) in [4.78, 5) is 16.5. The third-order valence-corrected chi connectivity index (χ3v) is 6.87. The smallest absolute Gasteiger partial charge is 0.303 e. The molecule has 0 unspecified atom stereocenters. The third-order valence-electron chi connectivity index (χ3n) is 5.05. The van der Waals surface area contributed by atoms with E-state index >= 15 is 0 Å². The summed E-state index contributed by atoms with van der Waals surface area (Å²) < 4.78 is 40.7. The van der Waals surface area contributed by atoms with Gasteiger partial charge in [-0.3, -0.25) is 9.10 Å². The summed E-state index contributed by atoms with van der Waals surface area (Å²) in [5.74, 6) is -0.387. The second-order valence-electron chi connectivity index (χ2n) is 7.04. The van der Waals surface area contributed by atoms with Crippen molar-refractivity contribution in [2.24, 2.45) is 0 Å². The van der Waals surface area contributed by atoms with Gasteiger partial charge in [-0.1, -0.05) is 12.1 Å². The molecule has 1 fully saturated rings. The second-order valence-corrected chi connectivity index (χ2v) is 9.21. The number of carbonyl (C=O) groups excluding carboxylic acids is 1. The number of nitrogens with zero attached hydrogens (tertiary/aromatic N) is 4. The average molecular weight is 421 g/mol. The minimum absolute atomic E-state index is 0.122. The lowest BCUT2D eigenvalue weighted by atomic mass is 10.1. The highest BCUT2D eigenvalue weighted by Crippen LogP contribution is 2.22. The van der Waals surface area contributed by atoms with Crippen molar-refractivity contribution in [3.63, 3.8) is 0 Å². The van der Waals surface area contributed by atoms with Crippen molar-refractivity contribution in [1.82, 2.24) is 9.21 Å². The van der Waals surface area contributed by atoms with E-state index in [4.69, 9.17) is 0 Å². The van der Waals surface area contributed by atoms with E-state index in [1.54, 1.807) is 47.4 Å². The molecule has 9 heteroatoms. The zero-order valence-electron chi connectivity index (χ0n) is 16.7. The molecule has 0 atom stereocenters.